The molecule has 3 rings (SSSR count). The number of nitrogens with zero attached hydrogens (tertiary/aromatic N) is 1. The van der Waals surface area contributed by atoms with E-state index in [1.807, 2.05) is 38.1 Å². The molecule has 1 unspecified atom stereocenters. The van der Waals surface area contributed by atoms with E-state index in [2.05, 4.69) is 36.5 Å². The summed E-state index contributed by atoms with van der Waals surface area (Å²) in [5.41, 5.74) is 4.58. The van der Waals surface area contributed by atoms with Crippen molar-refractivity contribution >= 4 is 11.8 Å². The fraction of sp³-hybridized carbons (Fsp3) is 0.462. The van der Waals surface area contributed by atoms with Gasteiger partial charge in [0, 0.05) is 19.0 Å². The summed E-state index contributed by atoms with van der Waals surface area (Å²) in [5.74, 6) is -0.0212. The maximum atomic E-state index is 13.2. The van der Waals surface area contributed by atoms with Crippen molar-refractivity contribution in [1.29, 1.82) is 0 Å². The van der Waals surface area contributed by atoms with Crippen molar-refractivity contribution in [3.05, 3.63) is 70.8 Å². The summed E-state index contributed by atoms with van der Waals surface area (Å²) in [6, 6.07) is 16.1. The van der Waals surface area contributed by atoms with Gasteiger partial charge in [0.2, 0.25) is 11.8 Å². The summed E-state index contributed by atoms with van der Waals surface area (Å²) in [4.78, 5) is 27.9. The molecule has 0 saturated heterocycles. The minimum Gasteiger partial charge on any atom is -0.352 e. The molecule has 1 aliphatic carbocycles. The first-order valence-corrected chi connectivity index (χ1v) is 11.1. The number of carbonyl (C=O) groups is 2. The molecule has 4 heteroatoms. The average Bonchev–Trinajstić information content (AvgIpc) is 3.25. The quantitative estimate of drug-likeness (QED) is 0.690. The first-order valence-electron chi connectivity index (χ1n) is 11.1. The van der Waals surface area contributed by atoms with Gasteiger partial charge < -0.3 is 10.2 Å². The van der Waals surface area contributed by atoms with Gasteiger partial charge in [-0.25, -0.2) is 0 Å². The van der Waals surface area contributed by atoms with Crippen LogP contribution in [-0.2, 0) is 22.6 Å². The van der Waals surface area contributed by atoms with Gasteiger partial charge >= 0.3 is 0 Å². The van der Waals surface area contributed by atoms with Gasteiger partial charge in [0.25, 0.3) is 0 Å². The van der Waals surface area contributed by atoms with E-state index in [0.717, 1.165) is 29.5 Å². The first kappa shape index (κ1) is 22.1. The lowest BCUT2D eigenvalue weighted by molar-refractivity contribution is -0.140. The Kier molecular flexibility index (Phi) is 7.67. The number of hydrogen-bond acceptors (Lipinski definition) is 2. The molecule has 160 valence electrons. The minimum absolute atomic E-state index is 0.0212. The highest BCUT2D eigenvalue weighted by Crippen LogP contribution is 2.19. The molecule has 0 spiro atoms. The third kappa shape index (κ3) is 5.94. The van der Waals surface area contributed by atoms with Crippen LogP contribution in [0.2, 0.25) is 0 Å². The second kappa shape index (κ2) is 10.4. The van der Waals surface area contributed by atoms with Crippen LogP contribution in [0.1, 0.15) is 61.3 Å². The summed E-state index contributed by atoms with van der Waals surface area (Å²) >= 11 is 0. The van der Waals surface area contributed by atoms with E-state index in [-0.39, 0.29) is 17.9 Å². The zero-order valence-corrected chi connectivity index (χ0v) is 18.5. The van der Waals surface area contributed by atoms with Gasteiger partial charge in [0.05, 0.1) is 0 Å². The molecule has 1 aliphatic rings. The predicted molar refractivity (Wildman–Crippen MR) is 121 cm³/mol. The lowest BCUT2D eigenvalue weighted by Crippen LogP contribution is -2.49. The van der Waals surface area contributed by atoms with Crippen LogP contribution in [0.4, 0.5) is 0 Å². The summed E-state index contributed by atoms with van der Waals surface area (Å²) in [7, 11) is 0. The molecular formula is C26H34N2O2. The van der Waals surface area contributed by atoms with Gasteiger partial charge in [-0.3, -0.25) is 9.59 Å². The van der Waals surface area contributed by atoms with Crippen molar-refractivity contribution in [2.24, 2.45) is 0 Å². The summed E-state index contributed by atoms with van der Waals surface area (Å²) in [5, 5.41) is 3.16. The molecule has 0 heterocycles. The Labute approximate surface area is 180 Å². The molecule has 2 aromatic rings. The molecule has 0 bridgehead atoms. The maximum absolute atomic E-state index is 13.2. The van der Waals surface area contributed by atoms with Crippen LogP contribution in [-0.4, -0.2) is 28.8 Å². The largest absolute Gasteiger partial charge is 0.352 e. The Morgan fingerprint density at radius 3 is 2.37 bits per heavy atom. The van der Waals surface area contributed by atoms with Crippen LogP contribution in [0.5, 0.6) is 0 Å². The number of benzene rings is 2. The number of amides is 2. The van der Waals surface area contributed by atoms with E-state index in [1.165, 1.54) is 18.4 Å². The normalized spacial score (nSPS) is 15.0. The zero-order valence-electron chi connectivity index (χ0n) is 18.5. The van der Waals surface area contributed by atoms with Crippen LogP contribution in [0.15, 0.2) is 48.5 Å². The van der Waals surface area contributed by atoms with E-state index in [4.69, 9.17) is 0 Å². The van der Waals surface area contributed by atoms with Crippen molar-refractivity contribution in [3.63, 3.8) is 0 Å². The van der Waals surface area contributed by atoms with Crippen molar-refractivity contribution in [2.75, 3.05) is 0 Å². The van der Waals surface area contributed by atoms with Crippen LogP contribution < -0.4 is 5.32 Å². The van der Waals surface area contributed by atoms with Crippen LogP contribution in [0.25, 0.3) is 0 Å². The molecule has 30 heavy (non-hydrogen) atoms. The van der Waals surface area contributed by atoms with Gasteiger partial charge in [0.15, 0.2) is 0 Å². The molecule has 2 aromatic carbocycles. The first-order chi connectivity index (χ1) is 14.4. The van der Waals surface area contributed by atoms with Crippen molar-refractivity contribution in [1.82, 2.24) is 10.2 Å². The summed E-state index contributed by atoms with van der Waals surface area (Å²) in [6.07, 6.45) is 5.50. The third-order valence-electron chi connectivity index (χ3n) is 6.22. The van der Waals surface area contributed by atoms with Crippen LogP contribution in [0, 0.1) is 13.8 Å². The highest BCUT2D eigenvalue weighted by molar-refractivity contribution is 5.87. The SMILES string of the molecule is Cc1ccc(CCC(=O)N(Cc2ccccc2C)C(C)C(=O)NC2CCCC2)cc1. The van der Waals surface area contributed by atoms with Gasteiger partial charge in [0.1, 0.15) is 6.04 Å². The monoisotopic (exact) mass is 406 g/mol. The molecule has 0 aromatic heterocycles. The standard InChI is InChI=1S/C26H34N2O2/c1-19-12-14-22(15-13-19)16-17-25(29)28(18-23-9-5-4-8-20(23)2)21(3)26(30)27-24-10-6-7-11-24/h4-5,8-9,12-15,21,24H,6-7,10-11,16-18H2,1-3H3,(H,27,30). The number of nitrogens with one attached hydrogen (secondary N) is 1. The Bertz CT molecular complexity index is 854. The third-order valence-corrected chi connectivity index (χ3v) is 6.22. The number of hydrogen-bond donors (Lipinski definition) is 1. The lowest BCUT2D eigenvalue weighted by Gasteiger charge is -2.30. The topological polar surface area (TPSA) is 49.4 Å². The zero-order chi connectivity index (χ0) is 21.5. The van der Waals surface area contributed by atoms with Crippen LogP contribution in [0.3, 0.4) is 0 Å². The fourth-order valence-corrected chi connectivity index (χ4v) is 4.10. The van der Waals surface area contributed by atoms with E-state index in [9.17, 15) is 9.59 Å². The summed E-state index contributed by atoms with van der Waals surface area (Å²) in [6.45, 7) is 6.42. The van der Waals surface area contributed by atoms with Crippen molar-refractivity contribution in [2.45, 2.75) is 77.9 Å². The fourth-order valence-electron chi connectivity index (χ4n) is 4.10. The van der Waals surface area contributed by atoms with E-state index in [0.29, 0.717) is 19.4 Å². The second-order valence-electron chi connectivity index (χ2n) is 8.60. The van der Waals surface area contributed by atoms with Gasteiger partial charge in [-0.1, -0.05) is 66.9 Å². The van der Waals surface area contributed by atoms with Crippen molar-refractivity contribution in [3.8, 4) is 0 Å². The average molecular weight is 407 g/mol. The smallest absolute Gasteiger partial charge is 0.242 e. The predicted octanol–water partition coefficient (Wildman–Crippen LogP) is 4.71. The van der Waals surface area contributed by atoms with Gasteiger partial charge in [-0.2, -0.15) is 0 Å². The molecule has 1 fully saturated rings. The highest BCUT2D eigenvalue weighted by Gasteiger charge is 2.28. The molecule has 0 aliphatic heterocycles. The Morgan fingerprint density at radius 2 is 1.70 bits per heavy atom. The Balaban J connectivity index is 1.71. The number of carbonyl (C=O) groups excluding carboxylic acids is 2. The minimum atomic E-state index is -0.490. The highest BCUT2D eigenvalue weighted by atomic mass is 16.2. The maximum Gasteiger partial charge on any atom is 0.242 e. The van der Waals surface area contributed by atoms with E-state index < -0.39 is 6.04 Å². The van der Waals surface area contributed by atoms with Gasteiger partial charge in [-0.05, 0) is 56.7 Å². The molecule has 1 atom stereocenters. The van der Waals surface area contributed by atoms with Crippen molar-refractivity contribution < 1.29 is 9.59 Å². The molecule has 4 nitrogen and oxygen atoms in total. The Hall–Kier alpha value is -2.62. The molecule has 1 saturated carbocycles. The van der Waals surface area contributed by atoms with E-state index >= 15 is 0 Å². The molecule has 0 radical (unpaired) electrons. The Morgan fingerprint density at radius 1 is 1.03 bits per heavy atom. The van der Waals surface area contributed by atoms with E-state index in [1.54, 1.807) is 4.90 Å². The second-order valence-corrected chi connectivity index (χ2v) is 8.60. The molecule has 1 N–H and O–H groups in total. The summed E-state index contributed by atoms with van der Waals surface area (Å²) < 4.78 is 0. The number of aryl methyl sites for hydroxylation is 3. The van der Waals surface area contributed by atoms with Gasteiger partial charge in [-0.15, -0.1) is 0 Å². The molecule has 2 amide bonds. The molecular weight excluding hydrogens is 372 g/mol. The lowest BCUT2D eigenvalue weighted by atomic mass is 10.0. The van der Waals surface area contributed by atoms with Crippen LogP contribution >= 0.6 is 0 Å². The number of rotatable bonds is 8.